The van der Waals surface area contributed by atoms with Crippen LogP contribution in [0.25, 0.3) is 0 Å². The zero-order valence-electron chi connectivity index (χ0n) is 15.4. The lowest BCUT2D eigenvalue weighted by molar-refractivity contribution is -0.127. The van der Waals surface area contributed by atoms with Crippen LogP contribution < -0.4 is 9.47 Å². The molecule has 0 saturated carbocycles. The Hall–Kier alpha value is -1.70. The Bertz CT molecular complexity index is 891. The van der Waals surface area contributed by atoms with Crippen molar-refractivity contribution in [3.05, 3.63) is 57.0 Å². The number of benzene rings is 2. The smallest absolute Gasteiger partial charge is 0.289 e. The van der Waals surface area contributed by atoms with Gasteiger partial charge in [-0.05, 0) is 48.7 Å². The van der Waals surface area contributed by atoms with Crippen molar-refractivity contribution in [2.24, 2.45) is 0 Å². The Kier molecular flexibility index (Phi) is 6.91. The monoisotopic (exact) mass is 483 g/mol. The van der Waals surface area contributed by atoms with Crippen LogP contribution in [0.4, 0.5) is 4.79 Å². The number of carbonyl (C=O) groups is 2. The molecule has 1 aliphatic rings. The van der Waals surface area contributed by atoms with Gasteiger partial charge in [0.25, 0.3) is 5.24 Å². The van der Waals surface area contributed by atoms with Crippen LogP contribution in [0.2, 0.25) is 5.02 Å². The highest BCUT2D eigenvalue weighted by atomic mass is 79.9. The first-order chi connectivity index (χ1) is 13.4. The number of amides is 2. The summed E-state index contributed by atoms with van der Waals surface area (Å²) in [6.07, 6.45) is 0.414. The number of rotatable bonds is 7. The number of hydrogen-bond acceptors (Lipinski definition) is 5. The number of thioether (sulfide) groups is 1. The molecule has 0 aliphatic carbocycles. The number of ether oxygens (including phenoxy) is 2. The van der Waals surface area contributed by atoms with E-state index in [0.29, 0.717) is 29.5 Å². The van der Waals surface area contributed by atoms with Gasteiger partial charge in [-0.15, -0.1) is 0 Å². The molecule has 1 fully saturated rings. The molecule has 2 amide bonds. The van der Waals surface area contributed by atoms with Gasteiger partial charge in [-0.3, -0.25) is 14.5 Å². The Morgan fingerprint density at radius 2 is 1.89 bits per heavy atom. The summed E-state index contributed by atoms with van der Waals surface area (Å²) < 4.78 is 11.8. The molecule has 0 spiro atoms. The zero-order chi connectivity index (χ0) is 20.3. The Balaban J connectivity index is 1.76. The number of carbonyl (C=O) groups excluding carboxylic acids is 2. The van der Waals surface area contributed by atoms with Gasteiger partial charge < -0.3 is 9.47 Å². The largest absolute Gasteiger partial charge is 0.493 e. The van der Waals surface area contributed by atoms with E-state index in [4.69, 9.17) is 21.1 Å². The molecule has 2 aromatic rings. The molecule has 28 heavy (non-hydrogen) atoms. The maximum absolute atomic E-state index is 12.8. The van der Waals surface area contributed by atoms with Crippen molar-refractivity contribution in [3.63, 3.8) is 0 Å². The number of halogens is 2. The van der Waals surface area contributed by atoms with Gasteiger partial charge in [-0.1, -0.05) is 51.4 Å². The summed E-state index contributed by atoms with van der Waals surface area (Å²) in [5, 5.41) is -0.0943. The fourth-order valence-electron chi connectivity index (χ4n) is 2.90. The van der Waals surface area contributed by atoms with Gasteiger partial charge >= 0.3 is 0 Å². The molecule has 5 nitrogen and oxygen atoms in total. The molecule has 0 aromatic heterocycles. The van der Waals surface area contributed by atoms with Crippen LogP contribution in [0.1, 0.15) is 18.1 Å². The molecular formula is C20H19BrClNO4S. The summed E-state index contributed by atoms with van der Waals surface area (Å²) in [5.41, 5.74) is 1.74. The van der Waals surface area contributed by atoms with E-state index in [1.54, 1.807) is 19.2 Å². The minimum absolute atomic E-state index is 0.189. The summed E-state index contributed by atoms with van der Waals surface area (Å²) >= 11 is 10.5. The van der Waals surface area contributed by atoms with Crippen LogP contribution in [-0.2, 0) is 17.8 Å². The van der Waals surface area contributed by atoms with Gasteiger partial charge in [-0.2, -0.15) is 0 Å². The first-order valence-corrected chi connectivity index (χ1v) is 10.7. The third kappa shape index (κ3) is 4.64. The quantitative estimate of drug-likeness (QED) is 0.532. The lowest BCUT2D eigenvalue weighted by atomic mass is 10.1. The molecule has 148 valence electrons. The second kappa shape index (κ2) is 9.20. The molecule has 1 saturated heterocycles. The summed E-state index contributed by atoms with van der Waals surface area (Å²) in [4.78, 5) is 26.5. The van der Waals surface area contributed by atoms with Crippen molar-refractivity contribution in [1.29, 1.82) is 0 Å². The minimum atomic E-state index is -0.473. The van der Waals surface area contributed by atoms with E-state index in [1.807, 2.05) is 31.2 Å². The van der Waals surface area contributed by atoms with E-state index in [2.05, 4.69) is 15.9 Å². The van der Waals surface area contributed by atoms with Crippen molar-refractivity contribution < 1.29 is 19.1 Å². The average molecular weight is 485 g/mol. The van der Waals surface area contributed by atoms with Crippen LogP contribution in [0.15, 0.2) is 40.9 Å². The topological polar surface area (TPSA) is 55.8 Å². The summed E-state index contributed by atoms with van der Waals surface area (Å²) in [6, 6.07) is 10.8. The highest BCUT2D eigenvalue weighted by Gasteiger charge is 2.39. The number of nitrogens with zero attached hydrogens (tertiary/aromatic N) is 1. The SMILES string of the molecule is CCOc1cc(C[C@H]2SC(=O)N(Cc3ccc(Cl)cc3)C2=O)c(Br)cc1OC. The van der Waals surface area contributed by atoms with Crippen LogP contribution in [0.3, 0.4) is 0 Å². The van der Waals surface area contributed by atoms with Crippen molar-refractivity contribution >= 4 is 50.4 Å². The molecule has 1 atom stereocenters. The van der Waals surface area contributed by atoms with Crippen molar-refractivity contribution in [2.45, 2.75) is 25.1 Å². The van der Waals surface area contributed by atoms with E-state index in [1.165, 1.54) is 4.90 Å². The number of methoxy groups -OCH3 is 1. The fraction of sp³-hybridized carbons (Fsp3) is 0.300. The zero-order valence-corrected chi connectivity index (χ0v) is 18.6. The van der Waals surface area contributed by atoms with Gasteiger partial charge in [-0.25, -0.2) is 0 Å². The summed E-state index contributed by atoms with van der Waals surface area (Å²) in [6.45, 7) is 2.64. The van der Waals surface area contributed by atoms with Crippen LogP contribution in [-0.4, -0.2) is 35.0 Å². The third-order valence-electron chi connectivity index (χ3n) is 4.30. The molecule has 0 bridgehead atoms. The lowest BCUT2D eigenvalue weighted by Gasteiger charge is -2.16. The normalized spacial score (nSPS) is 16.6. The standard InChI is InChI=1S/C20H19BrClNO4S/c1-3-27-17-8-13(15(21)10-16(17)26-2)9-18-19(24)23(20(25)28-18)11-12-4-6-14(22)7-5-12/h4-8,10,18H,3,9,11H2,1-2H3/t18-/m1/s1. The van der Waals surface area contributed by atoms with E-state index < -0.39 is 5.25 Å². The highest BCUT2D eigenvalue weighted by molar-refractivity contribution is 9.10. The maximum Gasteiger partial charge on any atom is 0.289 e. The maximum atomic E-state index is 12.8. The van der Waals surface area contributed by atoms with E-state index >= 15 is 0 Å². The molecule has 2 aromatic carbocycles. The van der Waals surface area contributed by atoms with Gasteiger partial charge in [0, 0.05) is 9.50 Å². The molecule has 1 aliphatic heterocycles. The van der Waals surface area contributed by atoms with E-state index in [9.17, 15) is 9.59 Å². The molecule has 1 heterocycles. The lowest BCUT2D eigenvalue weighted by Crippen LogP contribution is -2.31. The second-order valence-electron chi connectivity index (χ2n) is 6.15. The fourth-order valence-corrected chi connectivity index (χ4v) is 4.53. The molecule has 0 unspecified atom stereocenters. The Labute approximate surface area is 181 Å². The number of hydrogen-bond donors (Lipinski definition) is 0. The third-order valence-corrected chi connectivity index (χ3v) is 6.36. The van der Waals surface area contributed by atoms with Gasteiger partial charge in [0.1, 0.15) is 0 Å². The first kappa shape index (κ1) is 21.0. The van der Waals surface area contributed by atoms with Crippen LogP contribution in [0, 0.1) is 0 Å². The van der Waals surface area contributed by atoms with Crippen molar-refractivity contribution in [3.8, 4) is 11.5 Å². The predicted octanol–water partition coefficient (Wildman–Crippen LogP) is 5.32. The predicted molar refractivity (Wildman–Crippen MR) is 114 cm³/mol. The highest BCUT2D eigenvalue weighted by Crippen LogP contribution is 2.37. The molecule has 3 rings (SSSR count). The molecule has 0 radical (unpaired) electrons. The van der Waals surface area contributed by atoms with Crippen molar-refractivity contribution in [1.82, 2.24) is 4.90 Å². The summed E-state index contributed by atoms with van der Waals surface area (Å²) in [7, 11) is 1.58. The van der Waals surface area contributed by atoms with Gasteiger partial charge in [0.2, 0.25) is 5.91 Å². The number of imide groups is 1. The van der Waals surface area contributed by atoms with Gasteiger partial charge in [0.15, 0.2) is 11.5 Å². The van der Waals surface area contributed by atoms with E-state index in [0.717, 1.165) is 27.4 Å². The van der Waals surface area contributed by atoms with Crippen molar-refractivity contribution in [2.75, 3.05) is 13.7 Å². The second-order valence-corrected chi connectivity index (χ2v) is 8.60. The van der Waals surface area contributed by atoms with E-state index in [-0.39, 0.29) is 17.7 Å². The van der Waals surface area contributed by atoms with Crippen LogP contribution in [0.5, 0.6) is 11.5 Å². The van der Waals surface area contributed by atoms with Crippen LogP contribution >= 0.6 is 39.3 Å². The molecule has 0 N–H and O–H groups in total. The Morgan fingerprint density at radius 3 is 2.54 bits per heavy atom. The summed E-state index contributed by atoms with van der Waals surface area (Å²) in [5.74, 6) is 1.04. The molecule has 8 heteroatoms. The molecular weight excluding hydrogens is 466 g/mol. The average Bonchev–Trinajstić information content (AvgIpc) is 2.93. The van der Waals surface area contributed by atoms with Gasteiger partial charge in [0.05, 0.1) is 25.5 Å². The first-order valence-electron chi connectivity index (χ1n) is 8.68. The minimum Gasteiger partial charge on any atom is -0.493 e. The Morgan fingerprint density at radius 1 is 1.18 bits per heavy atom.